The third-order valence-electron chi connectivity index (χ3n) is 23.3. The van der Waals surface area contributed by atoms with Crippen LogP contribution in [0.3, 0.4) is 0 Å². The monoisotopic (exact) mass is 1490 g/mol. The van der Waals surface area contributed by atoms with Crippen LogP contribution in [0.2, 0.25) is 0 Å². The molecule has 4 aromatic heterocycles. The van der Waals surface area contributed by atoms with Gasteiger partial charge in [0.05, 0.1) is 16.1 Å². The Labute approximate surface area is 664 Å². The van der Waals surface area contributed by atoms with Crippen LogP contribution in [-0.4, -0.2) is 0 Å². The fourth-order valence-corrected chi connectivity index (χ4v) is 20.2. The molecule has 114 heavy (non-hydrogen) atoms. The van der Waals surface area contributed by atoms with Crippen molar-refractivity contribution in [3.63, 3.8) is 0 Å². The van der Waals surface area contributed by atoms with Gasteiger partial charge < -0.3 is 18.6 Å². The van der Waals surface area contributed by atoms with Crippen LogP contribution in [0.25, 0.3) is 193 Å². The minimum atomic E-state index is 0.873. The molecule has 4 heterocycles. The Balaban J connectivity index is 0.000000137. The zero-order valence-electron chi connectivity index (χ0n) is 61.6. The van der Waals surface area contributed by atoms with Gasteiger partial charge in [-0.1, -0.05) is 297 Å². The molecule has 20 aromatic carbocycles. The number of hydrogen-bond acceptors (Lipinski definition) is 6. The van der Waals surface area contributed by atoms with Gasteiger partial charge in [-0.05, 0) is 201 Å². The second-order valence-electron chi connectivity index (χ2n) is 29.7. The molecule has 4 nitrogen and oxygen atoms in total. The van der Waals surface area contributed by atoms with E-state index in [-0.39, 0.29) is 0 Å². The van der Waals surface area contributed by atoms with Crippen LogP contribution >= 0.6 is 22.7 Å². The van der Waals surface area contributed by atoms with Crippen LogP contribution < -0.4 is 9.80 Å². The first-order valence-electron chi connectivity index (χ1n) is 38.8. The third-order valence-corrected chi connectivity index (χ3v) is 25.8. The second-order valence-corrected chi connectivity index (χ2v) is 31.8. The SMILES string of the molecule is c1ccc(-c2ccc(N(c3ccc(-c4ccc5sc6c7ccccc7ccc6c5c4)cc3)c3cccc4c3oc3c5ccccc5ccc43)cc2)cc1.c1ccc(-c2cccc(N(c3ccc4c(ccc5cc(-c6ccc7oc8c9ccccc9ccc8c7c6)ccc54)c3)c3cccc4c3sc3c5ccccc5ccc43)c2)cc1. The summed E-state index contributed by atoms with van der Waals surface area (Å²) >= 11 is 3.78. The Bertz CT molecular complexity index is 7990. The van der Waals surface area contributed by atoms with Crippen molar-refractivity contribution in [1.82, 2.24) is 0 Å². The van der Waals surface area contributed by atoms with Gasteiger partial charge in [-0.15, -0.1) is 22.7 Å². The summed E-state index contributed by atoms with van der Waals surface area (Å²) in [5, 5.41) is 24.4. The molecule has 0 aliphatic heterocycles. The lowest BCUT2D eigenvalue weighted by Crippen LogP contribution is -2.10. The molecule has 0 saturated carbocycles. The molecule has 24 aromatic rings. The number of hydrogen-bond donors (Lipinski definition) is 0. The summed E-state index contributed by atoms with van der Waals surface area (Å²) in [6, 6.07) is 145. The van der Waals surface area contributed by atoms with Gasteiger partial charge in [-0.2, -0.15) is 0 Å². The van der Waals surface area contributed by atoms with Gasteiger partial charge in [0.2, 0.25) is 0 Å². The summed E-state index contributed by atoms with van der Waals surface area (Å²) in [4.78, 5) is 4.78. The number of thiophene rings is 2. The molecule has 24 rings (SSSR count). The van der Waals surface area contributed by atoms with Gasteiger partial charge in [-0.3, -0.25) is 0 Å². The van der Waals surface area contributed by atoms with E-state index in [1.54, 1.807) is 0 Å². The Hall–Kier alpha value is -14.4. The summed E-state index contributed by atoms with van der Waals surface area (Å²) in [5.74, 6) is 0. The van der Waals surface area contributed by atoms with Crippen molar-refractivity contribution < 1.29 is 8.83 Å². The van der Waals surface area contributed by atoms with Gasteiger partial charge in [0, 0.05) is 90.7 Å². The predicted octanol–water partition coefficient (Wildman–Crippen LogP) is 32.4. The number of nitrogens with zero attached hydrogens (tertiary/aromatic N) is 2. The summed E-state index contributed by atoms with van der Waals surface area (Å²) in [5.41, 5.74) is 19.7. The Kier molecular flexibility index (Phi) is 15.3. The molecule has 0 unspecified atom stereocenters. The smallest absolute Gasteiger partial charge is 0.159 e. The number of fused-ring (bicyclic) bond motifs is 23. The standard InChI is InChI=1S/C58H35NOS.C50H31NOS/c1-2-10-36(11-3-1)39-14-8-15-44(33-39)59(54-19-9-18-51-52-29-23-38-13-5-7-17-49(38)57(52)61-58(51)54)45-26-30-47-43(34-45)21-20-42-32-40(24-27-46(42)47)41-25-31-55-53(35-41)50-28-22-37-12-4-6-16-48(37)56(50)60-55;1-2-9-32(10-3-1)33-17-24-38(25-18-33)51(46-16-8-15-42-43-28-21-35-11-4-6-13-40(35)48(43)52-49(42)46)39-26-19-34(20-27-39)37-23-30-47-45(31-37)44-29-22-36-12-5-7-14-41(36)50(44)53-47/h1-35H;1-31H. The number of furan rings is 2. The molecule has 6 heteroatoms. The summed E-state index contributed by atoms with van der Waals surface area (Å²) in [7, 11) is 0. The lowest BCUT2D eigenvalue weighted by molar-refractivity contribution is 0.672. The highest BCUT2D eigenvalue weighted by atomic mass is 32.1. The molecule has 0 fully saturated rings. The van der Waals surface area contributed by atoms with E-state index in [0.717, 1.165) is 83.1 Å². The zero-order chi connectivity index (χ0) is 74.9. The van der Waals surface area contributed by atoms with Gasteiger partial charge in [0.15, 0.2) is 5.58 Å². The van der Waals surface area contributed by atoms with E-state index in [2.05, 4.69) is 410 Å². The number of anilines is 6. The quantitative estimate of drug-likeness (QED) is 0.128. The highest BCUT2D eigenvalue weighted by molar-refractivity contribution is 7.27. The topological polar surface area (TPSA) is 32.8 Å². The van der Waals surface area contributed by atoms with Gasteiger partial charge >= 0.3 is 0 Å². The third kappa shape index (κ3) is 10.9. The number of rotatable bonds is 10. The molecular formula is C108H66N2O2S2. The molecular weight excluding hydrogens is 1420 g/mol. The summed E-state index contributed by atoms with van der Waals surface area (Å²) < 4.78 is 18.6. The van der Waals surface area contributed by atoms with Crippen LogP contribution in [0.5, 0.6) is 0 Å². The van der Waals surface area contributed by atoms with Crippen LogP contribution in [0.1, 0.15) is 0 Å². The van der Waals surface area contributed by atoms with Crippen LogP contribution in [-0.2, 0) is 0 Å². The largest absolute Gasteiger partial charge is 0.455 e. The predicted molar refractivity (Wildman–Crippen MR) is 489 cm³/mol. The van der Waals surface area contributed by atoms with E-state index in [1.165, 1.54) is 144 Å². The Morgan fingerprint density at radius 2 is 0.561 bits per heavy atom. The minimum absolute atomic E-state index is 0.873. The van der Waals surface area contributed by atoms with Gasteiger partial charge in [-0.25, -0.2) is 0 Å². The maximum atomic E-state index is 6.86. The molecule has 0 aliphatic carbocycles. The van der Waals surface area contributed by atoms with Gasteiger partial charge in [0.25, 0.3) is 0 Å². The molecule has 0 saturated heterocycles. The number of para-hydroxylation sites is 1. The Morgan fingerprint density at radius 3 is 1.24 bits per heavy atom. The van der Waals surface area contributed by atoms with Gasteiger partial charge in [0.1, 0.15) is 16.7 Å². The highest BCUT2D eigenvalue weighted by Gasteiger charge is 2.24. The first kappa shape index (κ1) is 65.5. The summed E-state index contributed by atoms with van der Waals surface area (Å²) in [6.07, 6.45) is 0. The van der Waals surface area contributed by atoms with E-state index in [0.29, 0.717) is 0 Å². The van der Waals surface area contributed by atoms with E-state index in [1.807, 2.05) is 22.7 Å². The van der Waals surface area contributed by atoms with Crippen LogP contribution in [0, 0.1) is 0 Å². The molecule has 0 spiro atoms. The molecule has 0 radical (unpaired) electrons. The first-order valence-corrected chi connectivity index (χ1v) is 40.4. The van der Waals surface area contributed by atoms with E-state index in [4.69, 9.17) is 8.83 Å². The zero-order valence-corrected chi connectivity index (χ0v) is 63.3. The maximum Gasteiger partial charge on any atom is 0.159 e. The average Bonchev–Trinajstić information content (AvgIpc) is 1.62. The van der Waals surface area contributed by atoms with Crippen molar-refractivity contribution in [2.75, 3.05) is 9.80 Å². The van der Waals surface area contributed by atoms with E-state index in [9.17, 15) is 0 Å². The normalized spacial score (nSPS) is 11.9. The highest BCUT2D eigenvalue weighted by Crippen LogP contribution is 2.50. The van der Waals surface area contributed by atoms with E-state index < -0.39 is 0 Å². The number of benzene rings is 20. The van der Waals surface area contributed by atoms with Crippen LogP contribution in [0.15, 0.2) is 409 Å². The molecule has 0 bridgehead atoms. The Morgan fingerprint density at radius 1 is 0.175 bits per heavy atom. The van der Waals surface area contributed by atoms with Crippen LogP contribution in [0.4, 0.5) is 34.1 Å². The molecule has 0 aliphatic rings. The minimum Gasteiger partial charge on any atom is -0.455 e. The maximum absolute atomic E-state index is 6.86. The molecule has 532 valence electrons. The average molecular weight is 1490 g/mol. The molecule has 0 amide bonds. The van der Waals surface area contributed by atoms with Crippen molar-refractivity contribution in [1.29, 1.82) is 0 Å². The lowest BCUT2D eigenvalue weighted by Gasteiger charge is -2.27. The van der Waals surface area contributed by atoms with Crippen molar-refractivity contribution >= 4 is 206 Å². The molecule has 0 atom stereocenters. The van der Waals surface area contributed by atoms with Crippen molar-refractivity contribution in [3.05, 3.63) is 400 Å². The first-order chi connectivity index (χ1) is 56.5. The van der Waals surface area contributed by atoms with E-state index >= 15 is 0 Å². The van der Waals surface area contributed by atoms with Crippen molar-refractivity contribution in [2.24, 2.45) is 0 Å². The fourth-order valence-electron chi connectivity index (χ4n) is 17.7. The summed E-state index contributed by atoms with van der Waals surface area (Å²) in [6.45, 7) is 0. The van der Waals surface area contributed by atoms with Crippen molar-refractivity contribution in [3.8, 4) is 44.5 Å². The lowest BCUT2D eigenvalue weighted by atomic mass is 9.96. The van der Waals surface area contributed by atoms with Crippen molar-refractivity contribution in [2.45, 2.75) is 0 Å². The second kappa shape index (κ2) is 26.7. The fraction of sp³-hybridized carbons (Fsp3) is 0. The molecule has 0 N–H and O–H groups in total.